The third-order valence-corrected chi connectivity index (χ3v) is 5.97. The zero-order chi connectivity index (χ0) is 24.1. The minimum atomic E-state index is -0.156. The first-order valence-electron chi connectivity index (χ1n) is 11.4. The van der Waals surface area contributed by atoms with Crippen molar-refractivity contribution in [3.63, 3.8) is 0 Å². The predicted molar refractivity (Wildman–Crippen MR) is 126 cm³/mol. The van der Waals surface area contributed by atoms with Crippen LogP contribution in [0.1, 0.15) is 50.4 Å². The lowest BCUT2D eigenvalue weighted by Gasteiger charge is -2.31. The summed E-state index contributed by atoms with van der Waals surface area (Å²) in [6.45, 7) is 4.91. The van der Waals surface area contributed by atoms with Gasteiger partial charge < -0.3 is 24.4 Å². The highest BCUT2D eigenvalue weighted by molar-refractivity contribution is 5.90. The molecule has 1 atom stereocenters. The number of nitrogens with zero attached hydrogens (tertiary/aromatic N) is 3. The summed E-state index contributed by atoms with van der Waals surface area (Å²) in [5.74, 6) is 0.989. The van der Waals surface area contributed by atoms with E-state index >= 15 is 0 Å². The first kappa shape index (κ1) is 23.1. The third-order valence-electron chi connectivity index (χ3n) is 5.97. The highest BCUT2D eigenvalue weighted by Crippen LogP contribution is 2.31. The van der Waals surface area contributed by atoms with Crippen LogP contribution in [0.3, 0.4) is 0 Å². The maximum atomic E-state index is 12.9. The van der Waals surface area contributed by atoms with Gasteiger partial charge in [0.2, 0.25) is 23.4 Å². The Kier molecular flexibility index (Phi) is 6.97. The number of aromatic nitrogens is 1. The smallest absolute Gasteiger partial charge is 0.266 e. The number of nitriles is 1. The van der Waals surface area contributed by atoms with Gasteiger partial charge in [-0.05, 0) is 49.6 Å². The van der Waals surface area contributed by atoms with Gasteiger partial charge in [-0.15, -0.1) is 0 Å². The van der Waals surface area contributed by atoms with E-state index in [2.05, 4.69) is 21.7 Å². The molecule has 0 radical (unpaired) electrons. The minimum Gasteiger partial charge on any atom is -0.459 e. The molecule has 1 unspecified atom stereocenters. The summed E-state index contributed by atoms with van der Waals surface area (Å²) in [5.41, 5.74) is 1.91. The second-order valence-corrected chi connectivity index (χ2v) is 8.28. The lowest BCUT2D eigenvalue weighted by Crippen LogP contribution is -2.41. The van der Waals surface area contributed by atoms with Crippen LogP contribution in [-0.2, 0) is 9.59 Å². The fourth-order valence-electron chi connectivity index (χ4n) is 3.97. The van der Waals surface area contributed by atoms with Crippen LogP contribution in [0.5, 0.6) is 0 Å². The number of carbonyl (C=O) groups excluding carboxylic acids is 2. The van der Waals surface area contributed by atoms with Crippen molar-refractivity contribution in [1.82, 2.24) is 10.3 Å². The maximum absolute atomic E-state index is 12.9. The van der Waals surface area contributed by atoms with Crippen LogP contribution in [0.25, 0.3) is 11.7 Å². The normalized spacial score (nSPS) is 14.9. The number of piperidine rings is 1. The van der Waals surface area contributed by atoms with E-state index in [4.69, 9.17) is 8.83 Å². The topological polar surface area (TPSA) is 124 Å². The summed E-state index contributed by atoms with van der Waals surface area (Å²) in [7, 11) is 0. The van der Waals surface area contributed by atoms with Gasteiger partial charge in [-0.2, -0.15) is 10.2 Å². The summed E-state index contributed by atoms with van der Waals surface area (Å²) in [6, 6.07) is 12.9. The second-order valence-electron chi connectivity index (χ2n) is 8.28. The van der Waals surface area contributed by atoms with Crippen LogP contribution in [-0.4, -0.2) is 29.9 Å². The third kappa shape index (κ3) is 5.12. The number of hydrogen-bond donors (Lipinski definition) is 2. The molecule has 3 aromatic rings. The Morgan fingerprint density at radius 2 is 1.97 bits per heavy atom. The van der Waals surface area contributed by atoms with Crippen LogP contribution in [0, 0.1) is 17.2 Å². The Morgan fingerprint density at radius 1 is 1.24 bits per heavy atom. The maximum Gasteiger partial charge on any atom is 0.266 e. The van der Waals surface area contributed by atoms with E-state index in [1.165, 1.54) is 6.26 Å². The summed E-state index contributed by atoms with van der Waals surface area (Å²) in [5, 5.41) is 15.4. The average Bonchev–Trinajstić information content (AvgIpc) is 3.54. The zero-order valence-corrected chi connectivity index (χ0v) is 19.2. The van der Waals surface area contributed by atoms with Crippen molar-refractivity contribution < 1.29 is 18.4 Å². The SMILES string of the molecule is CCC(=O)Nc1ccc(C(C)NC(=O)C2CCN(c3oc(-c4ccco4)nc3C#N)CC2)cc1. The molecule has 1 saturated heterocycles. The van der Waals surface area contributed by atoms with Crippen molar-refractivity contribution in [2.75, 3.05) is 23.3 Å². The lowest BCUT2D eigenvalue weighted by atomic mass is 9.95. The van der Waals surface area contributed by atoms with Crippen LogP contribution >= 0.6 is 0 Å². The molecule has 0 bridgehead atoms. The van der Waals surface area contributed by atoms with Crippen molar-refractivity contribution in [2.24, 2.45) is 5.92 Å². The average molecular weight is 462 g/mol. The van der Waals surface area contributed by atoms with E-state index in [1.807, 2.05) is 36.1 Å². The molecule has 1 aliphatic heterocycles. The number of anilines is 2. The molecular formula is C25H27N5O4. The fourth-order valence-corrected chi connectivity index (χ4v) is 3.97. The fraction of sp³-hybridized carbons (Fsp3) is 0.360. The summed E-state index contributed by atoms with van der Waals surface area (Å²) >= 11 is 0. The monoisotopic (exact) mass is 461 g/mol. The van der Waals surface area contributed by atoms with Crippen molar-refractivity contribution in [2.45, 2.75) is 39.2 Å². The van der Waals surface area contributed by atoms with Gasteiger partial charge in [0.25, 0.3) is 5.89 Å². The number of carbonyl (C=O) groups is 2. The number of furan rings is 1. The Labute approximate surface area is 197 Å². The number of rotatable bonds is 7. The minimum absolute atomic E-state index is 0.00450. The highest BCUT2D eigenvalue weighted by Gasteiger charge is 2.30. The molecule has 4 rings (SSSR count). The predicted octanol–water partition coefficient (Wildman–Crippen LogP) is 4.25. The molecule has 2 amide bonds. The van der Waals surface area contributed by atoms with Crippen molar-refractivity contribution >= 4 is 23.4 Å². The van der Waals surface area contributed by atoms with Gasteiger partial charge in [0.15, 0.2) is 5.76 Å². The van der Waals surface area contributed by atoms with E-state index in [9.17, 15) is 14.9 Å². The molecule has 9 heteroatoms. The Bertz CT molecular complexity index is 1170. The molecule has 9 nitrogen and oxygen atoms in total. The first-order valence-corrected chi connectivity index (χ1v) is 11.4. The summed E-state index contributed by atoms with van der Waals surface area (Å²) in [6.07, 6.45) is 3.23. The number of amides is 2. The van der Waals surface area contributed by atoms with E-state index in [-0.39, 0.29) is 35.4 Å². The van der Waals surface area contributed by atoms with Gasteiger partial charge in [-0.1, -0.05) is 19.1 Å². The largest absolute Gasteiger partial charge is 0.459 e. The first-order chi connectivity index (χ1) is 16.5. The van der Waals surface area contributed by atoms with Gasteiger partial charge in [0.1, 0.15) is 6.07 Å². The van der Waals surface area contributed by atoms with Gasteiger partial charge in [-0.25, -0.2) is 0 Å². The molecule has 0 aliphatic carbocycles. The van der Waals surface area contributed by atoms with E-state index in [1.54, 1.807) is 19.1 Å². The quantitative estimate of drug-likeness (QED) is 0.539. The number of oxazole rings is 1. The van der Waals surface area contributed by atoms with Crippen LogP contribution in [0.4, 0.5) is 11.6 Å². The molecule has 34 heavy (non-hydrogen) atoms. The molecule has 1 fully saturated rings. The molecule has 0 saturated carbocycles. The molecule has 2 aromatic heterocycles. The Balaban J connectivity index is 1.32. The van der Waals surface area contributed by atoms with Crippen molar-refractivity contribution in [3.8, 4) is 17.7 Å². The second kappa shape index (κ2) is 10.3. The number of benzene rings is 1. The molecular weight excluding hydrogens is 434 g/mol. The standard InChI is InChI=1S/C25H27N5O4/c1-3-22(31)28-19-8-6-17(7-9-19)16(2)27-23(32)18-10-12-30(13-11-18)25-20(15-26)29-24(34-25)21-5-4-14-33-21/h4-9,14,16,18H,3,10-13H2,1-2H3,(H,27,32)(H,28,31). The Hall–Kier alpha value is -4.06. The van der Waals surface area contributed by atoms with Crippen molar-refractivity contribution in [1.29, 1.82) is 5.26 Å². The molecule has 176 valence electrons. The molecule has 3 heterocycles. The van der Waals surface area contributed by atoms with Crippen LogP contribution < -0.4 is 15.5 Å². The van der Waals surface area contributed by atoms with E-state index in [0.717, 1.165) is 11.3 Å². The van der Waals surface area contributed by atoms with Crippen LogP contribution in [0.2, 0.25) is 0 Å². The highest BCUT2D eigenvalue weighted by atomic mass is 16.4. The van der Waals surface area contributed by atoms with Gasteiger partial charge >= 0.3 is 0 Å². The van der Waals surface area contributed by atoms with E-state index in [0.29, 0.717) is 44.0 Å². The Morgan fingerprint density at radius 3 is 2.59 bits per heavy atom. The number of hydrogen-bond acceptors (Lipinski definition) is 7. The molecule has 1 aliphatic rings. The zero-order valence-electron chi connectivity index (χ0n) is 19.2. The van der Waals surface area contributed by atoms with Gasteiger partial charge in [-0.3, -0.25) is 9.59 Å². The summed E-state index contributed by atoms with van der Waals surface area (Å²) in [4.78, 5) is 30.6. The summed E-state index contributed by atoms with van der Waals surface area (Å²) < 4.78 is 11.1. The molecule has 0 spiro atoms. The number of nitrogens with one attached hydrogen (secondary N) is 2. The van der Waals surface area contributed by atoms with Gasteiger partial charge in [0, 0.05) is 31.1 Å². The van der Waals surface area contributed by atoms with Gasteiger partial charge in [0.05, 0.1) is 12.3 Å². The molecule has 2 N–H and O–H groups in total. The van der Waals surface area contributed by atoms with Crippen LogP contribution in [0.15, 0.2) is 51.5 Å². The van der Waals surface area contributed by atoms with E-state index < -0.39 is 0 Å². The lowest BCUT2D eigenvalue weighted by molar-refractivity contribution is -0.126. The van der Waals surface area contributed by atoms with Crippen molar-refractivity contribution in [3.05, 3.63) is 53.9 Å². The molecule has 1 aromatic carbocycles.